The minimum atomic E-state index is 0.736. The molecule has 0 aliphatic heterocycles. The van der Waals surface area contributed by atoms with Crippen LogP contribution in [0, 0.1) is 26.7 Å². The van der Waals surface area contributed by atoms with Gasteiger partial charge < -0.3 is 0 Å². The van der Waals surface area contributed by atoms with Crippen molar-refractivity contribution < 1.29 is 0 Å². The van der Waals surface area contributed by atoms with Crippen LogP contribution in [-0.4, -0.2) is 0 Å². The highest BCUT2D eigenvalue weighted by atomic mass is 31.0. The summed E-state index contributed by atoms with van der Waals surface area (Å²) in [6.45, 7) is 11.2. The molecule has 78 valence electrons. The van der Waals surface area contributed by atoms with E-state index in [0.29, 0.717) is 0 Å². The molecule has 14 heavy (non-hydrogen) atoms. The summed E-state index contributed by atoms with van der Waals surface area (Å²) < 4.78 is 0. The van der Waals surface area contributed by atoms with Gasteiger partial charge in [0.15, 0.2) is 0 Å². The van der Waals surface area contributed by atoms with Crippen LogP contribution in [0.25, 0.3) is 0 Å². The number of hydrogen-bond donors (Lipinski definition) is 0. The second-order valence-electron chi connectivity index (χ2n) is 4.60. The van der Waals surface area contributed by atoms with Crippen molar-refractivity contribution in [1.82, 2.24) is 0 Å². The summed E-state index contributed by atoms with van der Waals surface area (Å²) in [6.07, 6.45) is 1.19. The van der Waals surface area contributed by atoms with Crippen LogP contribution in [0.5, 0.6) is 0 Å². The minimum Gasteiger partial charge on any atom is -0.105 e. The van der Waals surface area contributed by atoms with E-state index in [0.717, 1.165) is 5.92 Å². The van der Waals surface area contributed by atoms with Gasteiger partial charge in [0, 0.05) is 0 Å². The Morgan fingerprint density at radius 1 is 1.07 bits per heavy atom. The van der Waals surface area contributed by atoms with Crippen molar-refractivity contribution in [3.05, 3.63) is 28.3 Å². The maximum Gasteiger partial charge on any atom is -0.0253 e. The number of rotatable bonds is 2. The van der Waals surface area contributed by atoms with Gasteiger partial charge in [0.25, 0.3) is 0 Å². The molecule has 1 rings (SSSR count). The van der Waals surface area contributed by atoms with Crippen LogP contribution in [0.3, 0.4) is 0 Å². The third-order valence-electron chi connectivity index (χ3n) is 3.00. The van der Waals surface area contributed by atoms with E-state index in [4.69, 9.17) is 0 Å². The summed E-state index contributed by atoms with van der Waals surface area (Å²) in [6, 6.07) is 2.32. The SMILES string of the molecule is Cc1c(P)cc(CC(C)C)c(C)c1C. The zero-order valence-electron chi connectivity index (χ0n) is 9.94. The Kier molecular flexibility index (Phi) is 3.72. The van der Waals surface area contributed by atoms with Gasteiger partial charge in [-0.1, -0.05) is 19.9 Å². The van der Waals surface area contributed by atoms with Crippen LogP contribution in [0.15, 0.2) is 6.07 Å². The molecule has 0 aliphatic carbocycles. The van der Waals surface area contributed by atoms with Crippen molar-refractivity contribution in [2.45, 2.75) is 41.0 Å². The summed E-state index contributed by atoms with van der Waals surface area (Å²) >= 11 is 0. The van der Waals surface area contributed by atoms with Crippen molar-refractivity contribution in [3.63, 3.8) is 0 Å². The largest absolute Gasteiger partial charge is 0.105 e. The maximum atomic E-state index is 2.84. The number of benzene rings is 1. The average Bonchev–Trinajstić information content (AvgIpc) is 2.10. The zero-order valence-corrected chi connectivity index (χ0v) is 11.1. The van der Waals surface area contributed by atoms with Crippen molar-refractivity contribution in [1.29, 1.82) is 0 Å². The van der Waals surface area contributed by atoms with Crippen molar-refractivity contribution in [3.8, 4) is 0 Å². The molecule has 0 nitrogen and oxygen atoms in total. The molecule has 1 unspecified atom stereocenters. The van der Waals surface area contributed by atoms with Crippen LogP contribution in [0.4, 0.5) is 0 Å². The Hall–Kier alpha value is -0.350. The van der Waals surface area contributed by atoms with E-state index >= 15 is 0 Å². The number of hydrogen-bond acceptors (Lipinski definition) is 0. The van der Waals surface area contributed by atoms with Gasteiger partial charge in [-0.25, -0.2) is 0 Å². The molecule has 0 aliphatic rings. The first-order valence-corrected chi connectivity index (χ1v) is 5.86. The van der Waals surface area contributed by atoms with Crippen LogP contribution in [0.2, 0.25) is 0 Å². The summed E-state index contributed by atoms with van der Waals surface area (Å²) in [5, 5.41) is 1.35. The second kappa shape index (κ2) is 4.45. The van der Waals surface area contributed by atoms with Gasteiger partial charge in [0.05, 0.1) is 0 Å². The molecule has 0 saturated heterocycles. The molecule has 0 heterocycles. The fraction of sp³-hybridized carbons (Fsp3) is 0.538. The summed E-state index contributed by atoms with van der Waals surface area (Å²) in [4.78, 5) is 0. The third kappa shape index (κ3) is 2.36. The van der Waals surface area contributed by atoms with E-state index in [1.807, 2.05) is 0 Å². The highest BCUT2D eigenvalue weighted by molar-refractivity contribution is 7.27. The summed E-state index contributed by atoms with van der Waals surface area (Å²) in [5.41, 5.74) is 5.85. The predicted molar refractivity (Wildman–Crippen MR) is 68.5 cm³/mol. The van der Waals surface area contributed by atoms with Crippen molar-refractivity contribution in [2.75, 3.05) is 0 Å². The Morgan fingerprint density at radius 2 is 1.64 bits per heavy atom. The second-order valence-corrected chi connectivity index (χ2v) is 5.22. The predicted octanol–water partition coefficient (Wildman–Crippen LogP) is 3.31. The molecule has 0 saturated carbocycles. The molecular formula is C13H21P. The van der Waals surface area contributed by atoms with Gasteiger partial charge in [-0.05, 0) is 60.7 Å². The van der Waals surface area contributed by atoms with Crippen molar-refractivity contribution >= 4 is 14.5 Å². The minimum absolute atomic E-state index is 0.736. The Bertz CT molecular complexity index is 338. The van der Waals surface area contributed by atoms with E-state index in [1.165, 1.54) is 34.0 Å². The van der Waals surface area contributed by atoms with Crippen LogP contribution >= 0.6 is 9.24 Å². The van der Waals surface area contributed by atoms with E-state index < -0.39 is 0 Å². The van der Waals surface area contributed by atoms with Crippen LogP contribution in [0.1, 0.15) is 36.1 Å². The average molecular weight is 208 g/mol. The fourth-order valence-electron chi connectivity index (χ4n) is 1.79. The Morgan fingerprint density at radius 3 is 2.14 bits per heavy atom. The molecule has 0 fully saturated rings. The lowest BCUT2D eigenvalue weighted by atomic mass is 9.93. The van der Waals surface area contributed by atoms with Crippen molar-refractivity contribution in [2.24, 2.45) is 5.92 Å². The van der Waals surface area contributed by atoms with Gasteiger partial charge in [0.2, 0.25) is 0 Å². The van der Waals surface area contributed by atoms with E-state index in [-0.39, 0.29) is 0 Å². The molecule has 1 aromatic rings. The zero-order chi connectivity index (χ0) is 10.9. The molecule has 1 atom stereocenters. The molecule has 1 heteroatoms. The molecular weight excluding hydrogens is 187 g/mol. The molecule has 0 spiro atoms. The van der Waals surface area contributed by atoms with Crippen LogP contribution < -0.4 is 5.30 Å². The molecule has 0 aromatic heterocycles. The fourth-order valence-corrected chi connectivity index (χ4v) is 2.21. The van der Waals surface area contributed by atoms with Crippen LogP contribution in [-0.2, 0) is 6.42 Å². The molecule has 1 aromatic carbocycles. The standard InChI is InChI=1S/C13H21P/c1-8(2)6-12-7-13(14)11(5)9(3)10(12)4/h7-8H,6,14H2,1-5H3. The van der Waals surface area contributed by atoms with Gasteiger partial charge in [-0.2, -0.15) is 0 Å². The van der Waals surface area contributed by atoms with Gasteiger partial charge >= 0.3 is 0 Å². The van der Waals surface area contributed by atoms with E-state index in [1.54, 1.807) is 0 Å². The summed E-state index contributed by atoms with van der Waals surface area (Å²) in [7, 11) is 2.84. The molecule has 0 N–H and O–H groups in total. The monoisotopic (exact) mass is 208 g/mol. The molecule has 0 bridgehead atoms. The topological polar surface area (TPSA) is 0 Å². The highest BCUT2D eigenvalue weighted by Crippen LogP contribution is 2.19. The first-order chi connectivity index (χ1) is 6.43. The Labute approximate surface area is 90.3 Å². The third-order valence-corrected chi connectivity index (χ3v) is 3.60. The van der Waals surface area contributed by atoms with E-state index in [2.05, 4.69) is 49.9 Å². The molecule has 0 amide bonds. The van der Waals surface area contributed by atoms with Gasteiger partial charge in [0.1, 0.15) is 0 Å². The maximum absolute atomic E-state index is 2.84. The first kappa shape index (κ1) is 11.7. The van der Waals surface area contributed by atoms with Gasteiger partial charge in [-0.15, -0.1) is 9.24 Å². The molecule has 0 radical (unpaired) electrons. The Balaban J connectivity index is 3.19. The highest BCUT2D eigenvalue weighted by Gasteiger charge is 2.08. The summed E-state index contributed by atoms with van der Waals surface area (Å²) in [5.74, 6) is 0.736. The van der Waals surface area contributed by atoms with Gasteiger partial charge in [-0.3, -0.25) is 0 Å². The quantitative estimate of drug-likeness (QED) is 0.654. The lowest BCUT2D eigenvalue weighted by molar-refractivity contribution is 0.644. The smallest absolute Gasteiger partial charge is 0.0253 e. The first-order valence-electron chi connectivity index (χ1n) is 5.28. The lowest BCUT2D eigenvalue weighted by Gasteiger charge is -2.15. The lowest BCUT2D eigenvalue weighted by Crippen LogP contribution is -2.08. The normalized spacial score (nSPS) is 11.1. The van der Waals surface area contributed by atoms with E-state index in [9.17, 15) is 0 Å².